The van der Waals surface area contributed by atoms with E-state index >= 15 is 0 Å². The second-order valence-corrected chi connectivity index (χ2v) is 4.71. The number of hydrogen-bond donors (Lipinski definition) is 2. The highest BCUT2D eigenvalue weighted by Gasteiger charge is 2.09. The minimum Gasteiger partial charge on any atom is -0.346 e. The molecule has 3 N–H and O–H groups in total. The van der Waals surface area contributed by atoms with Gasteiger partial charge in [-0.3, -0.25) is 0 Å². The highest BCUT2D eigenvalue weighted by molar-refractivity contribution is 5.62. The predicted molar refractivity (Wildman–Crippen MR) is 70.9 cm³/mol. The summed E-state index contributed by atoms with van der Waals surface area (Å²) >= 11 is 0. The molecule has 0 amide bonds. The molecule has 0 aliphatic rings. The smallest absolute Gasteiger partial charge is 0.108 e. The number of aromatic nitrogens is 2. The molecule has 0 aliphatic heterocycles. The molecule has 90 valence electrons. The molecule has 1 aromatic heterocycles. The summed E-state index contributed by atoms with van der Waals surface area (Å²) < 4.78 is 0. The lowest BCUT2D eigenvalue weighted by Crippen LogP contribution is -2.18. The van der Waals surface area contributed by atoms with E-state index in [-0.39, 0.29) is 6.04 Å². The Labute approximate surface area is 102 Å². The van der Waals surface area contributed by atoms with Crippen LogP contribution in [0.15, 0.2) is 24.3 Å². The van der Waals surface area contributed by atoms with E-state index in [2.05, 4.69) is 48.1 Å². The first kappa shape index (κ1) is 11.9. The molecule has 2 rings (SSSR count). The summed E-state index contributed by atoms with van der Waals surface area (Å²) in [7, 11) is 0. The average molecular weight is 229 g/mol. The van der Waals surface area contributed by atoms with E-state index < -0.39 is 0 Å². The summed E-state index contributed by atoms with van der Waals surface area (Å²) in [6.45, 7) is 6.13. The lowest BCUT2D eigenvalue weighted by Gasteiger charge is -2.00. The van der Waals surface area contributed by atoms with E-state index in [1.54, 1.807) is 0 Å². The van der Waals surface area contributed by atoms with Crippen LogP contribution in [0.1, 0.15) is 24.0 Å². The van der Waals surface area contributed by atoms with Crippen molar-refractivity contribution in [1.82, 2.24) is 9.97 Å². The van der Waals surface area contributed by atoms with Crippen molar-refractivity contribution in [3.05, 3.63) is 41.3 Å². The second kappa shape index (κ2) is 4.72. The van der Waals surface area contributed by atoms with Crippen LogP contribution in [-0.2, 0) is 6.42 Å². The molecule has 1 aromatic carbocycles. The van der Waals surface area contributed by atoms with Crippen LogP contribution in [0, 0.1) is 13.8 Å². The molecule has 1 unspecified atom stereocenters. The third-order valence-electron chi connectivity index (χ3n) is 2.74. The number of rotatable bonds is 3. The monoisotopic (exact) mass is 229 g/mol. The highest BCUT2D eigenvalue weighted by Crippen LogP contribution is 2.22. The van der Waals surface area contributed by atoms with Crippen molar-refractivity contribution >= 4 is 0 Å². The zero-order valence-electron chi connectivity index (χ0n) is 10.6. The normalized spacial score (nSPS) is 12.7. The average Bonchev–Trinajstić information content (AvgIpc) is 2.58. The first-order chi connectivity index (χ1) is 8.06. The predicted octanol–water partition coefficient (Wildman–Crippen LogP) is 2.58. The van der Waals surface area contributed by atoms with Gasteiger partial charge in [-0.15, -0.1) is 0 Å². The third-order valence-corrected chi connectivity index (χ3v) is 2.74. The number of aromatic amines is 1. The van der Waals surface area contributed by atoms with E-state index in [1.807, 2.05) is 6.92 Å². The van der Waals surface area contributed by atoms with Gasteiger partial charge in [0.2, 0.25) is 0 Å². The van der Waals surface area contributed by atoms with Gasteiger partial charge in [0.05, 0.1) is 5.69 Å². The number of nitrogens with two attached hydrogens (primary N) is 1. The lowest BCUT2D eigenvalue weighted by atomic mass is 10.1. The number of nitrogens with zero attached hydrogens (tertiary/aromatic N) is 1. The largest absolute Gasteiger partial charge is 0.346 e. The van der Waals surface area contributed by atoms with Gasteiger partial charge in [-0.25, -0.2) is 4.98 Å². The van der Waals surface area contributed by atoms with Gasteiger partial charge in [0, 0.05) is 23.7 Å². The van der Waals surface area contributed by atoms with Crippen molar-refractivity contribution in [3.8, 4) is 11.3 Å². The molecule has 0 saturated heterocycles. The number of benzene rings is 1. The summed E-state index contributed by atoms with van der Waals surface area (Å²) in [5.74, 6) is 0.967. The van der Waals surface area contributed by atoms with E-state index in [0.29, 0.717) is 0 Å². The summed E-state index contributed by atoms with van der Waals surface area (Å²) in [5.41, 5.74) is 10.3. The van der Waals surface area contributed by atoms with Gasteiger partial charge in [0.1, 0.15) is 5.82 Å². The van der Waals surface area contributed by atoms with E-state index in [4.69, 9.17) is 5.73 Å². The molecule has 0 radical (unpaired) electrons. The minimum absolute atomic E-state index is 0.130. The molecule has 0 saturated carbocycles. The Kier molecular flexibility index (Phi) is 3.29. The highest BCUT2D eigenvalue weighted by atomic mass is 14.9. The Morgan fingerprint density at radius 1 is 1.35 bits per heavy atom. The number of H-pyrrole nitrogens is 1. The van der Waals surface area contributed by atoms with Gasteiger partial charge < -0.3 is 10.7 Å². The minimum atomic E-state index is 0.130. The van der Waals surface area contributed by atoms with Crippen molar-refractivity contribution in [3.63, 3.8) is 0 Å². The van der Waals surface area contributed by atoms with Crippen LogP contribution in [0.2, 0.25) is 0 Å². The van der Waals surface area contributed by atoms with Gasteiger partial charge in [-0.05, 0) is 26.8 Å². The summed E-state index contributed by atoms with van der Waals surface area (Å²) in [6.07, 6.45) is 0.784. The molecule has 2 aromatic rings. The van der Waals surface area contributed by atoms with Crippen LogP contribution < -0.4 is 5.73 Å². The van der Waals surface area contributed by atoms with Crippen LogP contribution in [0.3, 0.4) is 0 Å². The zero-order chi connectivity index (χ0) is 12.4. The van der Waals surface area contributed by atoms with Crippen LogP contribution in [0.4, 0.5) is 0 Å². The molecule has 17 heavy (non-hydrogen) atoms. The third kappa shape index (κ3) is 2.74. The number of aryl methyl sites for hydroxylation is 2. The molecular formula is C14H19N3. The molecule has 0 spiro atoms. The van der Waals surface area contributed by atoms with E-state index in [9.17, 15) is 0 Å². The Morgan fingerprint density at radius 3 is 2.76 bits per heavy atom. The maximum atomic E-state index is 5.79. The fourth-order valence-corrected chi connectivity index (χ4v) is 2.00. The van der Waals surface area contributed by atoms with Crippen molar-refractivity contribution in [2.75, 3.05) is 0 Å². The molecule has 1 heterocycles. The van der Waals surface area contributed by atoms with Gasteiger partial charge in [0.25, 0.3) is 0 Å². The number of hydrogen-bond acceptors (Lipinski definition) is 2. The van der Waals surface area contributed by atoms with Gasteiger partial charge in [-0.1, -0.05) is 23.8 Å². The Hall–Kier alpha value is -1.61. The standard InChI is InChI=1S/C14H19N3/c1-9-5-4-6-12(7-9)14-11(3)16-13(17-14)8-10(2)15/h4-7,10H,8,15H2,1-3H3,(H,16,17). The maximum absolute atomic E-state index is 5.79. The SMILES string of the molecule is Cc1cccc(-c2nc(CC(C)N)[nH]c2C)c1. The van der Waals surface area contributed by atoms with Gasteiger partial charge in [0.15, 0.2) is 0 Å². The van der Waals surface area contributed by atoms with E-state index in [0.717, 1.165) is 29.2 Å². The van der Waals surface area contributed by atoms with Crippen LogP contribution >= 0.6 is 0 Å². The number of imidazole rings is 1. The maximum Gasteiger partial charge on any atom is 0.108 e. The van der Waals surface area contributed by atoms with Crippen molar-refractivity contribution in [2.45, 2.75) is 33.2 Å². The zero-order valence-corrected chi connectivity index (χ0v) is 10.6. The Balaban J connectivity index is 2.36. The van der Waals surface area contributed by atoms with Crippen molar-refractivity contribution < 1.29 is 0 Å². The van der Waals surface area contributed by atoms with Crippen LogP contribution in [0.25, 0.3) is 11.3 Å². The van der Waals surface area contributed by atoms with E-state index in [1.165, 1.54) is 5.56 Å². The molecule has 3 nitrogen and oxygen atoms in total. The van der Waals surface area contributed by atoms with Crippen molar-refractivity contribution in [2.24, 2.45) is 5.73 Å². The molecule has 0 bridgehead atoms. The van der Waals surface area contributed by atoms with Crippen molar-refractivity contribution in [1.29, 1.82) is 0 Å². The Morgan fingerprint density at radius 2 is 2.12 bits per heavy atom. The lowest BCUT2D eigenvalue weighted by molar-refractivity contribution is 0.709. The number of nitrogens with one attached hydrogen (secondary N) is 1. The molecular weight excluding hydrogens is 210 g/mol. The fraction of sp³-hybridized carbons (Fsp3) is 0.357. The quantitative estimate of drug-likeness (QED) is 0.850. The first-order valence-electron chi connectivity index (χ1n) is 5.94. The van der Waals surface area contributed by atoms with Gasteiger partial charge >= 0.3 is 0 Å². The topological polar surface area (TPSA) is 54.7 Å². The summed E-state index contributed by atoms with van der Waals surface area (Å²) in [4.78, 5) is 7.93. The molecule has 1 atom stereocenters. The van der Waals surface area contributed by atoms with Gasteiger partial charge in [-0.2, -0.15) is 0 Å². The molecule has 0 aliphatic carbocycles. The molecule has 0 fully saturated rings. The van der Waals surface area contributed by atoms with Crippen LogP contribution in [-0.4, -0.2) is 16.0 Å². The fourth-order valence-electron chi connectivity index (χ4n) is 2.00. The second-order valence-electron chi connectivity index (χ2n) is 4.71. The summed E-state index contributed by atoms with van der Waals surface area (Å²) in [5, 5.41) is 0. The first-order valence-corrected chi connectivity index (χ1v) is 5.94. The Bertz CT molecular complexity index is 512. The van der Waals surface area contributed by atoms with Crippen LogP contribution in [0.5, 0.6) is 0 Å². The molecule has 3 heteroatoms. The summed E-state index contributed by atoms with van der Waals surface area (Å²) in [6, 6.07) is 8.52.